The van der Waals surface area contributed by atoms with Crippen molar-refractivity contribution in [2.24, 2.45) is 0 Å². The molecule has 0 saturated carbocycles. The van der Waals surface area contributed by atoms with Crippen LogP contribution in [0.1, 0.15) is 27.0 Å². The second-order valence-electron chi connectivity index (χ2n) is 5.41. The van der Waals surface area contributed by atoms with Crippen molar-refractivity contribution in [3.05, 3.63) is 52.6 Å². The van der Waals surface area contributed by atoms with E-state index in [0.717, 1.165) is 22.9 Å². The summed E-state index contributed by atoms with van der Waals surface area (Å²) in [6.07, 6.45) is 0. The number of phenols is 2. The zero-order valence-electron chi connectivity index (χ0n) is 13.4. The minimum Gasteiger partial charge on any atom is -0.508 e. The highest BCUT2D eigenvalue weighted by Gasteiger charge is 2.17. The fraction of sp³-hybridized carbons (Fsp3) is 0.278. The smallest absolute Gasteiger partial charge is 0.342 e. The fourth-order valence-corrected chi connectivity index (χ4v) is 2.33. The molecule has 5 heteroatoms. The van der Waals surface area contributed by atoms with Crippen LogP contribution in [0.15, 0.2) is 30.3 Å². The number of esters is 1. The summed E-state index contributed by atoms with van der Waals surface area (Å²) in [6, 6.07) is 8.34. The van der Waals surface area contributed by atoms with Crippen LogP contribution in [0.2, 0.25) is 0 Å². The van der Waals surface area contributed by atoms with Gasteiger partial charge in [-0.15, -0.1) is 0 Å². The van der Waals surface area contributed by atoms with E-state index in [9.17, 15) is 15.0 Å². The molecule has 2 N–H and O–H groups in total. The molecule has 0 aliphatic carbocycles. The van der Waals surface area contributed by atoms with Crippen LogP contribution in [0.3, 0.4) is 0 Å². The third-order valence-electron chi connectivity index (χ3n) is 3.41. The summed E-state index contributed by atoms with van der Waals surface area (Å²) >= 11 is 0. The third kappa shape index (κ3) is 4.16. The van der Waals surface area contributed by atoms with Crippen molar-refractivity contribution in [2.75, 3.05) is 13.2 Å². The number of hydrogen-bond acceptors (Lipinski definition) is 5. The summed E-state index contributed by atoms with van der Waals surface area (Å²) < 4.78 is 10.7. The molecule has 0 radical (unpaired) electrons. The lowest BCUT2D eigenvalue weighted by atomic mass is 10.1. The molecule has 0 heterocycles. The van der Waals surface area contributed by atoms with Crippen molar-refractivity contribution in [2.45, 2.75) is 20.8 Å². The van der Waals surface area contributed by atoms with Gasteiger partial charge in [0, 0.05) is 6.07 Å². The molecule has 0 amide bonds. The molecule has 2 aromatic carbocycles. The second-order valence-corrected chi connectivity index (χ2v) is 5.41. The molecule has 2 aromatic rings. The normalized spacial score (nSPS) is 10.4. The number of ether oxygens (including phenoxy) is 2. The van der Waals surface area contributed by atoms with E-state index < -0.39 is 5.97 Å². The maximum Gasteiger partial charge on any atom is 0.342 e. The van der Waals surface area contributed by atoms with Crippen molar-refractivity contribution in [1.82, 2.24) is 0 Å². The summed E-state index contributed by atoms with van der Waals surface area (Å²) in [5.74, 6) is -0.308. The number of phenolic OH excluding ortho intramolecular Hbond substituents is 2. The number of hydrogen-bond donors (Lipinski definition) is 2. The van der Waals surface area contributed by atoms with Gasteiger partial charge < -0.3 is 19.7 Å². The molecule has 0 spiro atoms. The van der Waals surface area contributed by atoms with E-state index in [2.05, 4.69) is 0 Å². The molecule has 0 aliphatic rings. The van der Waals surface area contributed by atoms with Gasteiger partial charge >= 0.3 is 5.97 Å². The maximum atomic E-state index is 12.0. The van der Waals surface area contributed by atoms with E-state index in [1.807, 2.05) is 32.0 Å². The highest BCUT2D eigenvalue weighted by atomic mass is 16.6. The highest BCUT2D eigenvalue weighted by molar-refractivity contribution is 5.94. The van der Waals surface area contributed by atoms with E-state index in [1.165, 1.54) is 6.07 Å². The molecular formula is C18H20O5. The highest BCUT2D eigenvalue weighted by Crippen LogP contribution is 2.27. The molecular weight excluding hydrogens is 296 g/mol. The Morgan fingerprint density at radius 3 is 2.39 bits per heavy atom. The van der Waals surface area contributed by atoms with Crippen LogP contribution in [-0.2, 0) is 4.74 Å². The van der Waals surface area contributed by atoms with Crippen molar-refractivity contribution in [1.29, 1.82) is 0 Å². The molecule has 0 bridgehead atoms. The molecule has 0 unspecified atom stereocenters. The fourth-order valence-electron chi connectivity index (χ4n) is 2.33. The van der Waals surface area contributed by atoms with Gasteiger partial charge in [0.1, 0.15) is 36.0 Å². The Morgan fingerprint density at radius 1 is 1.00 bits per heavy atom. The van der Waals surface area contributed by atoms with Gasteiger partial charge in [0.05, 0.1) is 0 Å². The first-order valence-corrected chi connectivity index (χ1v) is 7.28. The van der Waals surface area contributed by atoms with Crippen molar-refractivity contribution in [3.63, 3.8) is 0 Å². The Hall–Kier alpha value is -2.69. The molecule has 0 fully saturated rings. The zero-order chi connectivity index (χ0) is 17.0. The summed E-state index contributed by atoms with van der Waals surface area (Å²) in [6.45, 7) is 5.85. The Morgan fingerprint density at radius 2 is 1.74 bits per heavy atom. The van der Waals surface area contributed by atoms with Gasteiger partial charge in [0.25, 0.3) is 0 Å². The van der Waals surface area contributed by atoms with Crippen LogP contribution < -0.4 is 4.74 Å². The first-order chi connectivity index (χ1) is 10.9. The topological polar surface area (TPSA) is 76.0 Å². The number of carbonyl (C=O) groups excluding carboxylic acids is 1. The third-order valence-corrected chi connectivity index (χ3v) is 3.41. The van der Waals surface area contributed by atoms with Crippen LogP contribution >= 0.6 is 0 Å². The predicted molar refractivity (Wildman–Crippen MR) is 86.2 cm³/mol. The average molecular weight is 316 g/mol. The summed E-state index contributed by atoms with van der Waals surface area (Å²) in [5, 5.41) is 19.1. The van der Waals surface area contributed by atoms with Crippen LogP contribution in [0.25, 0.3) is 0 Å². The van der Waals surface area contributed by atoms with Gasteiger partial charge in [-0.25, -0.2) is 4.79 Å². The minimum atomic E-state index is -0.649. The molecule has 0 aromatic heterocycles. The van der Waals surface area contributed by atoms with Crippen LogP contribution in [-0.4, -0.2) is 29.4 Å². The van der Waals surface area contributed by atoms with E-state index in [1.54, 1.807) is 6.92 Å². The standard InChI is InChI=1S/C18H20O5/c1-11-4-5-16(12(2)8-11)22-6-7-23-18(21)17-13(3)9-14(19)10-15(17)20/h4-5,8-10,19-20H,6-7H2,1-3H3. The lowest BCUT2D eigenvalue weighted by molar-refractivity contribution is 0.0446. The van der Waals surface area contributed by atoms with Gasteiger partial charge in [-0.1, -0.05) is 17.7 Å². The van der Waals surface area contributed by atoms with Gasteiger partial charge in [-0.2, -0.15) is 0 Å². The van der Waals surface area contributed by atoms with Crippen LogP contribution in [0.4, 0.5) is 0 Å². The molecule has 0 saturated heterocycles. The monoisotopic (exact) mass is 316 g/mol. The van der Waals surface area contributed by atoms with Gasteiger partial charge in [0.2, 0.25) is 0 Å². The van der Waals surface area contributed by atoms with E-state index in [4.69, 9.17) is 9.47 Å². The van der Waals surface area contributed by atoms with Gasteiger partial charge in [0.15, 0.2) is 0 Å². The van der Waals surface area contributed by atoms with E-state index >= 15 is 0 Å². The molecule has 122 valence electrons. The number of aryl methyl sites for hydroxylation is 3. The number of rotatable bonds is 5. The van der Waals surface area contributed by atoms with Crippen LogP contribution in [0.5, 0.6) is 17.2 Å². The molecule has 0 atom stereocenters. The lowest BCUT2D eigenvalue weighted by Gasteiger charge is -2.11. The maximum absolute atomic E-state index is 12.0. The number of benzene rings is 2. The Bertz CT molecular complexity index is 698. The summed E-state index contributed by atoms with van der Waals surface area (Å²) in [5.41, 5.74) is 2.67. The predicted octanol–water partition coefficient (Wildman–Crippen LogP) is 3.26. The minimum absolute atomic E-state index is 0.0503. The van der Waals surface area contributed by atoms with E-state index in [-0.39, 0.29) is 30.3 Å². The Labute approximate surface area is 135 Å². The average Bonchev–Trinajstić information content (AvgIpc) is 2.44. The first-order valence-electron chi connectivity index (χ1n) is 7.28. The Kier molecular flexibility index (Phi) is 5.11. The van der Waals surface area contributed by atoms with Crippen molar-refractivity contribution < 1.29 is 24.5 Å². The SMILES string of the molecule is Cc1ccc(OCCOC(=O)c2c(C)cc(O)cc2O)c(C)c1. The van der Waals surface area contributed by atoms with E-state index in [0.29, 0.717) is 5.56 Å². The summed E-state index contributed by atoms with van der Waals surface area (Å²) in [7, 11) is 0. The number of aromatic hydroxyl groups is 2. The van der Waals surface area contributed by atoms with Crippen LogP contribution in [0, 0.1) is 20.8 Å². The number of carbonyl (C=O) groups is 1. The quantitative estimate of drug-likeness (QED) is 0.654. The zero-order valence-corrected chi connectivity index (χ0v) is 13.4. The van der Waals surface area contributed by atoms with Gasteiger partial charge in [-0.3, -0.25) is 0 Å². The van der Waals surface area contributed by atoms with Gasteiger partial charge in [-0.05, 0) is 44.0 Å². The summed E-state index contributed by atoms with van der Waals surface area (Å²) in [4.78, 5) is 12.0. The molecule has 2 rings (SSSR count). The van der Waals surface area contributed by atoms with Crippen molar-refractivity contribution >= 4 is 5.97 Å². The lowest BCUT2D eigenvalue weighted by Crippen LogP contribution is -2.13. The van der Waals surface area contributed by atoms with Crippen molar-refractivity contribution in [3.8, 4) is 17.2 Å². The molecule has 0 aliphatic heterocycles. The second kappa shape index (κ2) is 7.05. The largest absolute Gasteiger partial charge is 0.508 e. The molecule has 5 nitrogen and oxygen atoms in total. The molecule has 23 heavy (non-hydrogen) atoms. The first kappa shape index (κ1) is 16.7. The Balaban J connectivity index is 1.90.